The second-order valence-corrected chi connectivity index (χ2v) is 5.22. The molecule has 0 aliphatic rings. The number of hydrogen-bond acceptors (Lipinski definition) is 3. The molecule has 0 heterocycles. The number of aldehydes is 1. The van der Waals surface area contributed by atoms with E-state index < -0.39 is 0 Å². The summed E-state index contributed by atoms with van der Waals surface area (Å²) in [7, 11) is 0. The molecule has 2 rings (SSSR count). The van der Waals surface area contributed by atoms with Crippen LogP contribution < -0.4 is 0 Å². The van der Waals surface area contributed by atoms with Crippen LogP contribution in [0.15, 0.2) is 47.4 Å². The Labute approximate surface area is 115 Å². The molecule has 0 radical (unpaired) electrons. The van der Waals surface area contributed by atoms with E-state index in [0.717, 1.165) is 22.5 Å². The predicted octanol–water partition coefficient (Wildman–Crippen LogP) is 4.15. The van der Waals surface area contributed by atoms with Gasteiger partial charge in [0.1, 0.15) is 12.0 Å². The number of rotatable bonds is 4. The fourth-order valence-electron chi connectivity index (χ4n) is 1.44. The van der Waals surface area contributed by atoms with Gasteiger partial charge in [-0.25, -0.2) is 0 Å². The highest BCUT2D eigenvalue weighted by atomic mass is 35.5. The summed E-state index contributed by atoms with van der Waals surface area (Å²) in [6, 6.07) is 12.6. The summed E-state index contributed by atoms with van der Waals surface area (Å²) in [6.45, 7) is 0. The van der Waals surface area contributed by atoms with Gasteiger partial charge in [-0.1, -0.05) is 35.9 Å². The third kappa shape index (κ3) is 3.28. The van der Waals surface area contributed by atoms with E-state index in [1.54, 1.807) is 36.0 Å². The van der Waals surface area contributed by atoms with Crippen LogP contribution in [0.5, 0.6) is 5.75 Å². The van der Waals surface area contributed by atoms with Crippen LogP contribution in [0.25, 0.3) is 0 Å². The normalized spacial score (nSPS) is 10.3. The average molecular weight is 279 g/mol. The summed E-state index contributed by atoms with van der Waals surface area (Å²) in [5, 5.41) is 9.67. The van der Waals surface area contributed by atoms with Crippen LogP contribution in [0.2, 0.25) is 5.02 Å². The minimum atomic E-state index is 0.0938. The first-order valence-electron chi connectivity index (χ1n) is 5.34. The lowest BCUT2D eigenvalue weighted by Gasteiger charge is -2.04. The van der Waals surface area contributed by atoms with E-state index in [1.165, 1.54) is 0 Å². The summed E-state index contributed by atoms with van der Waals surface area (Å²) < 4.78 is 0. The largest absolute Gasteiger partial charge is 0.506 e. The molecule has 0 saturated heterocycles. The van der Waals surface area contributed by atoms with E-state index in [4.69, 9.17) is 11.6 Å². The van der Waals surface area contributed by atoms with Gasteiger partial charge in [-0.05, 0) is 23.8 Å². The standard InChI is InChI=1S/C14H11ClO2S/c15-13-7-12(5-6-14(13)17)18-9-11-3-1-10(8-16)2-4-11/h1-8,17H,9H2. The molecule has 0 aliphatic heterocycles. The van der Waals surface area contributed by atoms with Crippen LogP contribution in [0.1, 0.15) is 15.9 Å². The number of hydrogen-bond donors (Lipinski definition) is 1. The highest BCUT2D eigenvalue weighted by Gasteiger charge is 2.01. The molecule has 18 heavy (non-hydrogen) atoms. The van der Waals surface area contributed by atoms with Crippen molar-refractivity contribution in [1.82, 2.24) is 0 Å². The van der Waals surface area contributed by atoms with Crippen LogP contribution in [0, 0.1) is 0 Å². The van der Waals surface area contributed by atoms with E-state index >= 15 is 0 Å². The molecule has 2 aromatic carbocycles. The number of phenolic OH excluding ortho intramolecular Hbond substituents is 1. The van der Waals surface area contributed by atoms with Gasteiger partial charge in [0.05, 0.1) is 5.02 Å². The second kappa shape index (κ2) is 5.94. The second-order valence-electron chi connectivity index (χ2n) is 3.76. The molecule has 4 heteroatoms. The summed E-state index contributed by atoms with van der Waals surface area (Å²) in [5.41, 5.74) is 1.81. The van der Waals surface area contributed by atoms with Crippen molar-refractivity contribution >= 4 is 29.6 Å². The zero-order chi connectivity index (χ0) is 13.0. The molecule has 0 atom stereocenters. The molecular formula is C14H11ClO2S. The Morgan fingerprint density at radius 1 is 1.17 bits per heavy atom. The van der Waals surface area contributed by atoms with Crippen molar-refractivity contribution in [2.75, 3.05) is 0 Å². The SMILES string of the molecule is O=Cc1ccc(CSc2ccc(O)c(Cl)c2)cc1. The Bertz CT molecular complexity index is 552. The van der Waals surface area contributed by atoms with Gasteiger partial charge in [0, 0.05) is 16.2 Å². The van der Waals surface area contributed by atoms with Crippen molar-refractivity contribution in [2.24, 2.45) is 0 Å². The predicted molar refractivity (Wildman–Crippen MR) is 74.5 cm³/mol. The van der Waals surface area contributed by atoms with Crippen LogP contribution in [-0.4, -0.2) is 11.4 Å². The molecule has 0 fully saturated rings. The quantitative estimate of drug-likeness (QED) is 0.674. The molecule has 2 nitrogen and oxygen atoms in total. The zero-order valence-corrected chi connectivity index (χ0v) is 11.0. The van der Waals surface area contributed by atoms with E-state index in [9.17, 15) is 9.90 Å². The Balaban J connectivity index is 2.01. The number of benzene rings is 2. The first kappa shape index (κ1) is 13.0. The maximum Gasteiger partial charge on any atom is 0.150 e. The maximum atomic E-state index is 10.5. The molecule has 0 unspecified atom stereocenters. The van der Waals surface area contributed by atoms with Crippen molar-refractivity contribution in [3.63, 3.8) is 0 Å². The van der Waals surface area contributed by atoms with Crippen molar-refractivity contribution in [1.29, 1.82) is 0 Å². The summed E-state index contributed by atoms with van der Waals surface area (Å²) in [5.74, 6) is 0.886. The Morgan fingerprint density at radius 2 is 1.89 bits per heavy atom. The summed E-state index contributed by atoms with van der Waals surface area (Å²) in [6.07, 6.45) is 0.830. The first-order chi connectivity index (χ1) is 8.69. The van der Waals surface area contributed by atoms with Gasteiger partial charge in [-0.2, -0.15) is 0 Å². The molecule has 92 valence electrons. The minimum Gasteiger partial charge on any atom is -0.506 e. The molecule has 0 amide bonds. The van der Waals surface area contributed by atoms with Gasteiger partial charge in [-0.15, -0.1) is 11.8 Å². The van der Waals surface area contributed by atoms with E-state index in [2.05, 4.69) is 0 Å². The Hall–Kier alpha value is -1.45. The van der Waals surface area contributed by atoms with Crippen molar-refractivity contribution in [3.8, 4) is 5.75 Å². The van der Waals surface area contributed by atoms with Crippen molar-refractivity contribution in [3.05, 3.63) is 58.6 Å². The van der Waals surface area contributed by atoms with Gasteiger partial charge in [0.2, 0.25) is 0 Å². The smallest absolute Gasteiger partial charge is 0.150 e. The third-order valence-electron chi connectivity index (χ3n) is 2.44. The third-order valence-corrected chi connectivity index (χ3v) is 3.81. The molecule has 1 N–H and O–H groups in total. The molecule has 0 spiro atoms. The van der Waals surface area contributed by atoms with Crippen LogP contribution in [-0.2, 0) is 5.75 Å². The number of thioether (sulfide) groups is 1. The summed E-state index contributed by atoms with van der Waals surface area (Å²) in [4.78, 5) is 11.5. The van der Waals surface area contributed by atoms with Crippen molar-refractivity contribution < 1.29 is 9.90 Å². The lowest BCUT2D eigenvalue weighted by molar-refractivity contribution is 0.112. The Kier molecular flexibility index (Phi) is 4.28. The van der Waals surface area contributed by atoms with Crippen LogP contribution in [0.3, 0.4) is 0 Å². The van der Waals surface area contributed by atoms with E-state index in [0.29, 0.717) is 10.6 Å². The van der Waals surface area contributed by atoms with Crippen LogP contribution >= 0.6 is 23.4 Å². The summed E-state index contributed by atoms with van der Waals surface area (Å²) >= 11 is 7.46. The van der Waals surface area contributed by atoms with Gasteiger partial charge < -0.3 is 5.11 Å². The average Bonchev–Trinajstić information content (AvgIpc) is 2.41. The number of phenols is 1. The highest BCUT2D eigenvalue weighted by Crippen LogP contribution is 2.30. The zero-order valence-electron chi connectivity index (χ0n) is 9.47. The minimum absolute atomic E-state index is 0.0938. The fraction of sp³-hybridized carbons (Fsp3) is 0.0714. The Morgan fingerprint density at radius 3 is 2.50 bits per heavy atom. The fourth-order valence-corrected chi connectivity index (χ4v) is 2.57. The van der Waals surface area contributed by atoms with Gasteiger partial charge in [-0.3, -0.25) is 4.79 Å². The molecule has 0 bridgehead atoms. The molecule has 0 aliphatic carbocycles. The lowest BCUT2D eigenvalue weighted by Crippen LogP contribution is -1.83. The number of carbonyl (C=O) groups is 1. The van der Waals surface area contributed by atoms with E-state index in [-0.39, 0.29) is 5.75 Å². The van der Waals surface area contributed by atoms with Gasteiger partial charge in [0.25, 0.3) is 0 Å². The number of halogens is 1. The topological polar surface area (TPSA) is 37.3 Å². The molecular weight excluding hydrogens is 268 g/mol. The molecule has 0 saturated carbocycles. The molecule has 0 aromatic heterocycles. The van der Waals surface area contributed by atoms with Crippen LogP contribution in [0.4, 0.5) is 0 Å². The highest BCUT2D eigenvalue weighted by molar-refractivity contribution is 7.98. The first-order valence-corrected chi connectivity index (χ1v) is 6.71. The van der Waals surface area contributed by atoms with Crippen molar-refractivity contribution in [2.45, 2.75) is 10.6 Å². The number of aromatic hydroxyl groups is 1. The van der Waals surface area contributed by atoms with Gasteiger partial charge >= 0.3 is 0 Å². The van der Waals surface area contributed by atoms with Gasteiger partial charge in [0.15, 0.2) is 0 Å². The lowest BCUT2D eigenvalue weighted by atomic mass is 10.2. The number of carbonyl (C=O) groups excluding carboxylic acids is 1. The molecule has 2 aromatic rings. The maximum absolute atomic E-state index is 10.5. The van der Waals surface area contributed by atoms with E-state index in [1.807, 2.05) is 18.2 Å². The monoisotopic (exact) mass is 278 g/mol.